The first kappa shape index (κ1) is 18.2. The first-order valence-corrected chi connectivity index (χ1v) is 7.00. The van der Waals surface area contributed by atoms with Crippen LogP contribution in [0, 0.1) is 0 Å². The quantitative estimate of drug-likeness (QED) is 0.632. The van der Waals surface area contributed by atoms with Gasteiger partial charge in [-0.15, -0.1) is 0 Å². The fraction of sp³-hybridized carbons (Fsp3) is 0.176. The Balaban J connectivity index is 0.000000231. The SMILES string of the molecule is CNCC/C=C/c1cccnc1.O=C(O)c1cc(O)cc(O)c1. The summed E-state index contributed by atoms with van der Waals surface area (Å²) in [6, 6.07) is 7.16. The molecular formula is C17H20N2O4. The maximum absolute atomic E-state index is 10.3. The Morgan fingerprint density at radius 3 is 2.48 bits per heavy atom. The molecule has 6 nitrogen and oxygen atoms in total. The van der Waals surface area contributed by atoms with Crippen molar-refractivity contribution in [3.8, 4) is 11.5 Å². The summed E-state index contributed by atoms with van der Waals surface area (Å²) in [5.74, 6) is -1.71. The van der Waals surface area contributed by atoms with Crippen molar-refractivity contribution >= 4 is 12.0 Å². The standard InChI is InChI=1S/C10H14N2.C7H6O4/c1-11-7-3-2-5-10-6-4-8-12-9-10;8-5-1-4(7(10)11)2-6(9)3-5/h2,4-6,8-9,11H,3,7H2,1H3;1-3,8-9H,(H,10,11)/b5-2+;. The van der Waals surface area contributed by atoms with Gasteiger partial charge >= 0.3 is 5.97 Å². The zero-order valence-electron chi connectivity index (χ0n) is 12.8. The number of aromatic carboxylic acids is 1. The zero-order valence-corrected chi connectivity index (χ0v) is 12.8. The highest BCUT2D eigenvalue weighted by Crippen LogP contribution is 2.19. The van der Waals surface area contributed by atoms with Crippen LogP contribution in [0.5, 0.6) is 11.5 Å². The van der Waals surface area contributed by atoms with E-state index in [-0.39, 0.29) is 17.1 Å². The lowest BCUT2D eigenvalue weighted by Crippen LogP contribution is -2.05. The van der Waals surface area contributed by atoms with Crippen molar-refractivity contribution in [1.82, 2.24) is 10.3 Å². The van der Waals surface area contributed by atoms with Gasteiger partial charge in [0, 0.05) is 18.5 Å². The smallest absolute Gasteiger partial charge is 0.335 e. The van der Waals surface area contributed by atoms with Crippen LogP contribution in [-0.2, 0) is 0 Å². The lowest BCUT2D eigenvalue weighted by Gasteiger charge is -1.96. The largest absolute Gasteiger partial charge is 0.508 e. The van der Waals surface area contributed by atoms with E-state index in [1.165, 1.54) is 0 Å². The number of hydrogen-bond donors (Lipinski definition) is 4. The average molecular weight is 316 g/mol. The normalized spacial score (nSPS) is 10.1. The van der Waals surface area contributed by atoms with Crippen LogP contribution < -0.4 is 5.32 Å². The molecule has 0 aliphatic rings. The minimum atomic E-state index is -1.18. The van der Waals surface area contributed by atoms with Crippen molar-refractivity contribution in [3.05, 3.63) is 59.9 Å². The minimum Gasteiger partial charge on any atom is -0.508 e. The molecule has 1 aromatic heterocycles. The fourth-order valence-corrected chi connectivity index (χ4v) is 1.64. The van der Waals surface area contributed by atoms with E-state index in [1.54, 1.807) is 6.20 Å². The van der Waals surface area contributed by atoms with Gasteiger partial charge in [-0.3, -0.25) is 4.98 Å². The van der Waals surface area contributed by atoms with Crippen LogP contribution in [0.15, 0.2) is 48.8 Å². The van der Waals surface area contributed by atoms with Gasteiger partial charge in [-0.05, 0) is 43.8 Å². The van der Waals surface area contributed by atoms with Gasteiger partial charge in [0.05, 0.1) is 5.56 Å². The lowest BCUT2D eigenvalue weighted by atomic mass is 10.2. The van der Waals surface area contributed by atoms with Gasteiger partial charge in [-0.2, -0.15) is 0 Å². The summed E-state index contributed by atoms with van der Waals surface area (Å²) in [7, 11) is 1.96. The molecule has 0 atom stereocenters. The predicted molar refractivity (Wildman–Crippen MR) is 88.5 cm³/mol. The third kappa shape index (κ3) is 7.63. The maximum atomic E-state index is 10.3. The summed E-state index contributed by atoms with van der Waals surface area (Å²) in [6.45, 7) is 1.02. The van der Waals surface area contributed by atoms with E-state index in [2.05, 4.69) is 22.5 Å². The van der Waals surface area contributed by atoms with Crippen molar-refractivity contribution in [1.29, 1.82) is 0 Å². The molecule has 1 heterocycles. The fourth-order valence-electron chi connectivity index (χ4n) is 1.64. The number of aromatic nitrogens is 1. The van der Waals surface area contributed by atoms with Crippen molar-refractivity contribution in [3.63, 3.8) is 0 Å². The van der Waals surface area contributed by atoms with Crippen molar-refractivity contribution in [2.75, 3.05) is 13.6 Å². The molecule has 0 saturated heterocycles. The van der Waals surface area contributed by atoms with E-state index in [4.69, 9.17) is 15.3 Å². The zero-order chi connectivity index (χ0) is 17.1. The van der Waals surface area contributed by atoms with Gasteiger partial charge in [0.25, 0.3) is 0 Å². The third-order valence-electron chi connectivity index (χ3n) is 2.71. The van der Waals surface area contributed by atoms with Crippen LogP contribution >= 0.6 is 0 Å². The molecule has 0 aliphatic carbocycles. The number of carbonyl (C=O) groups is 1. The molecule has 0 radical (unpaired) electrons. The molecule has 122 valence electrons. The minimum absolute atomic E-state index is 0.137. The number of phenolic OH excluding ortho intramolecular Hbond substituents is 2. The highest BCUT2D eigenvalue weighted by molar-refractivity contribution is 5.88. The first-order chi connectivity index (χ1) is 11.0. The van der Waals surface area contributed by atoms with E-state index in [0.29, 0.717) is 0 Å². The van der Waals surface area contributed by atoms with E-state index in [0.717, 1.165) is 36.7 Å². The second-order valence-electron chi connectivity index (χ2n) is 4.62. The summed E-state index contributed by atoms with van der Waals surface area (Å²) in [5, 5.41) is 29.1. The highest BCUT2D eigenvalue weighted by atomic mass is 16.4. The summed E-state index contributed by atoms with van der Waals surface area (Å²) >= 11 is 0. The predicted octanol–water partition coefficient (Wildman–Crippen LogP) is 2.50. The molecule has 4 N–H and O–H groups in total. The number of hydrogen-bond acceptors (Lipinski definition) is 5. The van der Waals surface area contributed by atoms with E-state index in [9.17, 15) is 4.79 Å². The molecule has 0 amide bonds. The Labute approximate surface area is 134 Å². The number of benzene rings is 1. The average Bonchev–Trinajstić information content (AvgIpc) is 2.52. The maximum Gasteiger partial charge on any atom is 0.335 e. The second kappa shape index (κ2) is 9.97. The molecule has 0 bridgehead atoms. The number of pyridine rings is 1. The number of carboxylic acids is 1. The van der Waals surface area contributed by atoms with Crippen LogP contribution in [0.1, 0.15) is 22.3 Å². The lowest BCUT2D eigenvalue weighted by molar-refractivity contribution is 0.0696. The molecule has 2 rings (SSSR count). The molecule has 0 spiro atoms. The van der Waals surface area contributed by atoms with E-state index < -0.39 is 5.97 Å². The van der Waals surface area contributed by atoms with Crippen LogP contribution in [0.2, 0.25) is 0 Å². The van der Waals surface area contributed by atoms with E-state index in [1.807, 2.05) is 25.4 Å². The summed E-state index contributed by atoms with van der Waals surface area (Å²) in [4.78, 5) is 14.3. The van der Waals surface area contributed by atoms with Crippen LogP contribution in [0.3, 0.4) is 0 Å². The molecule has 0 fully saturated rings. The molecule has 6 heteroatoms. The summed E-state index contributed by atoms with van der Waals surface area (Å²) < 4.78 is 0. The van der Waals surface area contributed by atoms with Crippen LogP contribution in [0.4, 0.5) is 0 Å². The number of nitrogens with zero attached hydrogens (tertiary/aromatic N) is 1. The van der Waals surface area contributed by atoms with Gasteiger partial charge in [-0.1, -0.05) is 18.2 Å². The van der Waals surface area contributed by atoms with Crippen LogP contribution in [0.25, 0.3) is 6.08 Å². The molecule has 2 aromatic rings. The molecule has 1 aromatic carbocycles. The number of carboxylic acid groups (broad SMARTS) is 1. The Morgan fingerprint density at radius 2 is 1.96 bits per heavy atom. The second-order valence-corrected chi connectivity index (χ2v) is 4.62. The number of rotatable bonds is 5. The highest BCUT2D eigenvalue weighted by Gasteiger charge is 2.04. The monoisotopic (exact) mass is 316 g/mol. The number of nitrogens with one attached hydrogen (secondary N) is 1. The van der Waals surface area contributed by atoms with Crippen molar-refractivity contribution < 1.29 is 20.1 Å². The Hall–Kier alpha value is -2.86. The van der Waals surface area contributed by atoms with Gasteiger partial charge in [0.2, 0.25) is 0 Å². The first-order valence-electron chi connectivity index (χ1n) is 7.00. The Kier molecular flexibility index (Phi) is 7.88. The molecule has 23 heavy (non-hydrogen) atoms. The molecule has 0 aliphatic heterocycles. The van der Waals surface area contributed by atoms with Gasteiger partial charge in [0.15, 0.2) is 0 Å². The molecule has 0 saturated carbocycles. The van der Waals surface area contributed by atoms with Crippen LogP contribution in [-0.4, -0.2) is 39.9 Å². The summed E-state index contributed by atoms with van der Waals surface area (Å²) in [6.07, 6.45) is 8.93. The molecular weight excluding hydrogens is 296 g/mol. The topological polar surface area (TPSA) is 103 Å². The Bertz CT molecular complexity index is 622. The van der Waals surface area contributed by atoms with Crippen molar-refractivity contribution in [2.24, 2.45) is 0 Å². The number of phenols is 2. The Morgan fingerprint density at radius 1 is 1.26 bits per heavy atom. The van der Waals surface area contributed by atoms with E-state index >= 15 is 0 Å². The van der Waals surface area contributed by atoms with Crippen molar-refractivity contribution in [2.45, 2.75) is 6.42 Å². The number of aromatic hydroxyl groups is 2. The molecule has 0 unspecified atom stereocenters. The van der Waals surface area contributed by atoms with Gasteiger partial charge in [0.1, 0.15) is 11.5 Å². The van der Waals surface area contributed by atoms with Gasteiger partial charge in [-0.25, -0.2) is 4.79 Å². The van der Waals surface area contributed by atoms with Gasteiger partial charge < -0.3 is 20.6 Å². The summed E-state index contributed by atoms with van der Waals surface area (Å²) in [5.41, 5.74) is 1.02. The third-order valence-corrected chi connectivity index (χ3v) is 2.71.